The molecule has 1 fully saturated rings. The first kappa shape index (κ1) is 17.6. The van der Waals surface area contributed by atoms with Gasteiger partial charge in [0.2, 0.25) is 0 Å². The van der Waals surface area contributed by atoms with E-state index in [9.17, 15) is 9.90 Å². The van der Waals surface area contributed by atoms with E-state index in [2.05, 4.69) is 19.9 Å². The third-order valence-corrected chi connectivity index (χ3v) is 4.91. The van der Waals surface area contributed by atoms with E-state index in [4.69, 9.17) is 4.74 Å². The molecular weight excluding hydrogens is 344 g/mol. The molecule has 7 nitrogen and oxygen atoms in total. The fourth-order valence-electron chi connectivity index (χ4n) is 3.45. The van der Waals surface area contributed by atoms with E-state index in [-0.39, 0.29) is 12.5 Å². The molecule has 1 aromatic carbocycles. The first-order valence-electron chi connectivity index (χ1n) is 9.16. The van der Waals surface area contributed by atoms with Crippen LogP contribution in [-0.2, 0) is 11.2 Å². The van der Waals surface area contributed by atoms with Crippen molar-refractivity contribution in [1.29, 1.82) is 0 Å². The summed E-state index contributed by atoms with van der Waals surface area (Å²) in [5, 5.41) is 12.1. The van der Waals surface area contributed by atoms with Crippen LogP contribution >= 0.6 is 0 Å². The van der Waals surface area contributed by atoms with Gasteiger partial charge in [0.15, 0.2) is 5.65 Å². The number of carbonyl (C=O) groups is 1. The van der Waals surface area contributed by atoms with Gasteiger partial charge in [-0.25, -0.2) is 9.97 Å². The predicted octanol–water partition coefficient (Wildman–Crippen LogP) is 2.57. The second-order valence-corrected chi connectivity index (χ2v) is 6.65. The van der Waals surface area contributed by atoms with Crippen molar-refractivity contribution in [2.45, 2.75) is 25.3 Å². The average Bonchev–Trinajstić information content (AvgIpc) is 3.13. The van der Waals surface area contributed by atoms with Crippen LogP contribution in [0.3, 0.4) is 0 Å². The third kappa shape index (κ3) is 3.70. The van der Waals surface area contributed by atoms with Crippen LogP contribution in [0, 0.1) is 0 Å². The summed E-state index contributed by atoms with van der Waals surface area (Å²) < 4.78 is 7.50. The maximum absolute atomic E-state index is 12.7. The number of ether oxygens (including phenoxy) is 1. The van der Waals surface area contributed by atoms with Crippen LogP contribution < -0.4 is 5.32 Å². The van der Waals surface area contributed by atoms with Crippen molar-refractivity contribution in [2.75, 3.05) is 25.1 Å². The topological polar surface area (TPSA) is 89.3 Å². The smallest absolute Gasteiger partial charge is 0.257 e. The number of hydrogen-bond donors (Lipinski definition) is 2. The SMILES string of the molecule is O=C(Nc1ccccc1CCO)c1cnc2c(c1)ncn2C1CCOCC1. The number of aliphatic hydroxyl groups excluding tert-OH is 1. The van der Waals surface area contributed by atoms with Crippen molar-refractivity contribution in [3.8, 4) is 0 Å². The zero-order chi connectivity index (χ0) is 18.6. The molecule has 0 unspecified atom stereocenters. The van der Waals surface area contributed by atoms with Crippen LogP contribution in [0.2, 0.25) is 0 Å². The lowest BCUT2D eigenvalue weighted by Gasteiger charge is -2.23. The van der Waals surface area contributed by atoms with E-state index in [1.807, 2.05) is 24.3 Å². The van der Waals surface area contributed by atoms with Crippen molar-refractivity contribution < 1.29 is 14.6 Å². The van der Waals surface area contributed by atoms with E-state index in [0.29, 0.717) is 29.2 Å². The molecule has 0 bridgehead atoms. The van der Waals surface area contributed by atoms with Crippen molar-refractivity contribution in [2.24, 2.45) is 0 Å². The highest BCUT2D eigenvalue weighted by Crippen LogP contribution is 2.25. The molecule has 4 rings (SSSR count). The van der Waals surface area contributed by atoms with Gasteiger partial charge in [-0.15, -0.1) is 0 Å². The van der Waals surface area contributed by atoms with Crippen molar-refractivity contribution in [3.05, 3.63) is 54.0 Å². The average molecular weight is 366 g/mol. The molecular formula is C20H22N4O3. The van der Waals surface area contributed by atoms with Gasteiger partial charge in [-0.3, -0.25) is 4.79 Å². The lowest BCUT2D eigenvalue weighted by Crippen LogP contribution is -2.19. The fraction of sp³-hybridized carbons (Fsp3) is 0.350. The van der Waals surface area contributed by atoms with Crippen molar-refractivity contribution in [1.82, 2.24) is 14.5 Å². The Morgan fingerprint density at radius 3 is 2.89 bits per heavy atom. The zero-order valence-corrected chi connectivity index (χ0v) is 15.0. The molecule has 1 aliphatic rings. The molecule has 0 saturated carbocycles. The number of fused-ring (bicyclic) bond motifs is 1. The quantitative estimate of drug-likeness (QED) is 0.724. The summed E-state index contributed by atoms with van der Waals surface area (Å²) in [5.74, 6) is -0.240. The molecule has 3 heterocycles. The van der Waals surface area contributed by atoms with Gasteiger partial charge in [-0.05, 0) is 37.0 Å². The molecule has 2 N–H and O–H groups in total. The van der Waals surface area contributed by atoms with Crippen molar-refractivity contribution >= 4 is 22.8 Å². The highest BCUT2D eigenvalue weighted by molar-refractivity contribution is 6.05. The van der Waals surface area contributed by atoms with Crippen LogP contribution in [0.15, 0.2) is 42.9 Å². The predicted molar refractivity (Wildman–Crippen MR) is 102 cm³/mol. The molecule has 1 saturated heterocycles. The fourth-order valence-corrected chi connectivity index (χ4v) is 3.45. The number of amides is 1. The summed E-state index contributed by atoms with van der Waals surface area (Å²) in [6.45, 7) is 1.53. The number of benzene rings is 1. The number of rotatable bonds is 5. The molecule has 3 aromatic rings. The summed E-state index contributed by atoms with van der Waals surface area (Å²) in [7, 11) is 0. The van der Waals surface area contributed by atoms with Gasteiger partial charge in [0, 0.05) is 37.7 Å². The van der Waals surface area contributed by atoms with E-state index >= 15 is 0 Å². The number of carbonyl (C=O) groups excluding carboxylic acids is 1. The Morgan fingerprint density at radius 1 is 1.26 bits per heavy atom. The van der Waals surface area contributed by atoms with Gasteiger partial charge in [0.25, 0.3) is 5.91 Å². The molecule has 0 radical (unpaired) electrons. The molecule has 1 amide bonds. The van der Waals surface area contributed by atoms with Gasteiger partial charge in [-0.2, -0.15) is 0 Å². The molecule has 7 heteroatoms. The van der Waals surface area contributed by atoms with E-state index in [0.717, 1.165) is 37.3 Å². The van der Waals surface area contributed by atoms with E-state index < -0.39 is 0 Å². The Balaban J connectivity index is 1.56. The van der Waals surface area contributed by atoms with Crippen LogP contribution in [-0.4, -0.2) is 45.4 Å². The highest BCUT2D eigenvalue weighted by atomic mass is 16.5. The molecule has 0 aliphatic carbocycles. The molecule has 0 spiro atoms. The Bertz CT molecular complexity index is 947. The first-order valence-corrected chi connectivity index (χ1v) is 9.16. The standard InChI is InChI=1S/C20H22N4O3/c25-8-5-14-3-1-2-4-17(14)23-20(26)15-11-18-19(21-12-15)24(13-22-18)16-6-9-27-10-7-16/h1-4,11-13,16,25H,5-10H2,(H,23,26). The summed E-state index contributed by atoms with van der Waals surface area (Å²) in [4.78, 5) is 21.6. The highest BCUT2D eigenvalue weighted by Gasteiger charge is 2.19. The van der Waals surface area contributed by atoms with Gasteiger partial charge in [0.1, 0.15) is 5.52 Å². The second-order valence-electron chi connectivity index (χ2n) is 6.65. The molecule has 0 atom stereocenters. The zero-order valence-electron chi connectivity index (χ0n) is 15.0. The number of aliphatic hydroxyl groups is 1. The number of nitrogens with one attached hydrogen (secondary N) is 1. The monoisotopic (exact) mass is 366 g/mol. The number of nitrogens with zero attached hydrogens (tertiary/aromatic N) is 3. The van der Waals surface area contributed by atoms with E-state index in [1.165, 1.54) is 0 Å². The van der Waals surface area contributed by atoms with Gasteiger partial charge in [0.05, 0.1) is 11.9 Å². The van der Waals surface area contributed by atoms with Crippen LogP contribution in [0.4, 0.5) is 5.69 Å². The summed E-state index contributed by atoms with van der Waals surface area (Å²) in [6.07, 6.45) is 5.76. The number of aromatic nitrogens is 3. The van der Waals surface area contributed by atoms with E-state index in [1.54, 1.807) is 18.6 Å². The molecule has 2 aromatic heterocycles. The number of hydrogen-bond acceptors (Lipinski definition) is 5. The first-order chi connectivity index (χ1) is 13.3. The Hall–Kier alpha value is -2.77. The minimum Gasteiger partial charge on any atom is -0.396 e. The lowest BCUT2D eigenvalue weighted by molar-refractivity contribution is 0.0704. The number of anilines is 1. The van der Waals surface area contributed by atoms with Crippen LogP contribution in [0.25, 0.3) is 11.2 Å². The molecule has 27 heavy (non-hydrogen) atoms. The molecule has 140 valence electrons. The summed E-state index contributed by atoms with van der Waals surface area (Å²) >= 11 is 0. The van der Waals surface area contributed by atoms with Gasteiger partial charge in [-0.1, -0.05) is 18.2 Å². The van der Waals surface area contributed by atoms with Crippen LogP contribution in [0.1, 0.15) is 34.8 Å². The van der Waals surface area contributed by atoms with Gasteiger partial charge >= 0.3 is 0 Å². The van der Waals surface area contributed by atoms with Crippen LogP contribution in [0.5, 0.6) is 0 Å². The third-order valence-electron chi connectivity index (χ3n) is 4.91. The van der Waals surface area contributed by atoms with Gasteiger partial charge < -0.3 is 19.7 Å². The largest absolute Gasteiger partial charge is 0.396 e. The number of pyridine rings is 1. The minimum atomic E-state index is -0.240. The number of imidazole rings is 1. The Kier molecular flexibility index (Phi) is 5.13. The second kappa shape index (κ2) is 7.85. The van der Waals surface area contributed by atoms with Crippen molar-refractivity contribution in [3.63, 3.8) is 0 Å². The lowest BCUT2D eigenvalue weighted by atomic mass is 10.1. The summed E-state index contributed by atoms with van der Waals surface area (Å²) in [5.41, 5.74) is 3.55. The summed E-state index contributed by atoms with van der Waals surface area (Å²) in [6, 6.07) is 9.56. The maximum Gasteiger partial charge on any atom is 0.257 e. The Labute approximate surface area is 157 Å². The number of para-hydroxylation sites is 1. The maximum atomic E-state index is 12.7. The normalized spacial score (nSPS) is 15.1. The Morgan fingerprint density at radius 2 is 2.07 bits per heavy atom. The molecule has 1 aliphatic heterocycles. The minimum absolute atomic E-state index is 0.0318.